The van der Waals surface area contributed by atoms with Crippen LogP contribution in [0.15, 0.2) is 41.3 Å². The summed E-state index contributed by atoms with van der Waals surface area (Å²) in [5.74, 6) is 2.85. The lowest BCUT2D eigenvalue weighted by Crippen LogP contribution is -2.37. The van der Waals surface area contributed by atoms with Gasteiger partial charge in [-0.2, -0.15) is 0 Å². The molecule has 1 saturated carbocycles. The van der Waals surface area contributed by atoms with Crippen molar-refractivity contribution in [1.29, 1.82) is 0 Å². The van der Waals surface area contributed by atoms with Crippen molar-refractivity contribution in [2.45, 2.75) is 77.2 Å². The highest BCUT2D eigenvalue weighted by atomic mass is 35.5. The fraction of sp³-hybridized carbons (Fsp3) is 0.516. The minimum atomic E-state index is -0.600. The average Bonchev–Trinajstić information content (AvgIpc) is 3.47. The summed E-state index contributed by atoms with van der Waals surface area (Å²) in [7, 11) is 2.01. The number of pyridine rings is 1. The maximum atomic E-state index is 13.2. The summed E-state index contributed by atoms with van der Waals surface area (Å²) in [5.41, 5.74) is 2.86. The number of β-amino-alcohol motifs (C(OH)–C–C–N with tert-alkyl or cyclic N) is 1. The van der Waals surface area contributed by atoms with Gasteiger partial charge >= 0.3 is 0 Å². The lowest BCUT2D eigenvalue weighted by molar-refractivity contribution is 0.0836. The molecular weight excluding hydrogens is 542 g/mol. The first-order valence-electron chi connectivity index (χ1n) is 14.6. The highest BCUT2D eigenvalue weighted by Crippen LogP contribution is 2.34. The largest absolute Gasteiger partial charge is 0.484 e. The van der Waals surface area contributed by atoms with Gasteiger partial charge in [0.1, 0.15) is 24.0 Å². The van der Waals surface area contributed by atoms with Gasteiger partial charge in [0, 0.05) is 51.3 Å². The molecule has 9 nitrogen and oxygen atoms in total. The lowest BCUT2D eigenvalue weighted by Gasteiger charge is -2.31. The van der Waals surface area contributed by atoms with E-state index in [4.69, 9.17) is 25.7 Å². The molecule has 3 aromatic rings. The maximum absolute atomic E-state index is 13.2. The molecule has 2 aromatic heterocycles. The van der Waals surface area contributed by atoms with Crippen LogP contribution in [-0.2, 0) is 19.6 Å². The number of aromatic nitrogens is 2. The van der Waals surface area contributed by atoms with E-state index in [2.05, 4.69) is 27.0 Å². The molecule has 41 heavy (non-hydrogen) atoms. The number of carbonyl (C=O) groups is 1. The van der Waals surface area contributed by atoms with E-state index in [9.17, 15) is 9.90 Å². The molecule has 3 heterocycles. The number of hydrogen-bond donors (Lipinski definition) is 2. The number of aliphatic hydroxyl groups is 1. The van der Waals surface area contributed by atoms with Crippen LogP contribution in [0.5, 0.6) is 5.75 Å². The first-order valence-corrected chi connectivity index (χ1v) is 15.0. The summed E-state index contributed by atoms with van der Waals surface area (Å²) in [5, 5.41) is 15.0. The third-order valence-corrected chi connectivity index (χ3v) is 8.36. The number of ether oxygens (including phenoxy) is 1. The predicted octanol–water partition coefficient (Wildman–Crippen LogP) is 5.49. The van der Waals surface area contributed by atoms with Crippen LogP contribution in [0.2, 0.25) is 5.02 Å². The maximum Gasteiger partial charge on any atom is 0.181 e. The van der Waals surface area contributed by atoms with Crippen molar-refractivity contribution in [2.24, 2.45) is 0 Å². The second-order valence-corrected chi connectivity index (χ2v) is 11.5. The third-order valence-electron chi connectivity index (χ3n) is 7.94. The molecule has 0 amide bonds. The number of hydrogen-bond acceptors (Lipinski definition) is 9. The van der Waals surface area contributed by atoms with Gasteiger partial charge in [-0.15, -0.1) is 0 Å². The fourth-order valence-electron chi connectivity index (χ4n) is 5.37. The zero-order chi connectivity index (χ0) is 28.8. The molecule has 0 saturated heterocycles. The number of aliphatic hydroxyl groups excluding tert-OH is 1. The molecule has 1 aliphatic carbocycles. The SMILES string of the molecule is CCCN(C)c1cc(C(=O)CC[C@H](O)CN2CCc3c(ccc(OCc4cnco4)c3Cl)C2)cc(NC2CCC2)n1. The van der Waals surface area contributed by atoms with E-state index < -0.39 is 6.10 Å². The Morgan fingerprint density at radius 3 is 2.93 bits per heavy atom. The number of Topliss-reactive ketones (excluding diaryl/α,β-unsaturated/α-hetero) is 1. The second-order valence-electron chi connectivity index (χ2n) is 11.2. The van der Waals surface area contributed by atoms with Gasteiger partial charge in [0.25, 0.3) is 0 Å². The van der Waals surface area contributed by atoms with Crippen molar-refractivity contribution in [3.8, 4) is 5.75 Å². The van der Waals surface area contributed by atoms with Gasteiger partial charge in [0.05, 0.1) is 17.3 Å². The van der Waals surface area contributed by atoms with E-state index in [1.165, 1.54) is 12.8 Å². The van der Waals surface area contributed by atoms with Crippen molar-refractivity contribution < 1.29 is 19.1 Å². The number of fused-ring (bicyclic) bond motifs is 1. The lowest BCUT2D eigenvalue weighted by atomic mass is 9.93. The zero-order valence-electron chi connectivity index (χ0n) is 23.9. The van der Waals surface area contributed by atoms with Crippen LogP contribution in [0.3, 0.4) is 0 Å². The van der Waals surface area contributed by atoms with Crippen LogP contribution in [0, 0.1) is 0 Å². The van der Waals surface area contributed by atoms with Crippen molar-refractivity contribution in [3.05, 3.63) is 64.3 Å². The van der Waals surface area contributed by atoms with Gasteiger partial charge in [-0.3, -0.25) is 9.69 Å². The Bertz CT molecular complexity index is 1310. The Balaban J connectivity index is 1.14. The minimum absolute atomic E-state index is 0.0305. The Morgan fingerprint density at radius 2 is 2.20 bits per heavy atom. The van der Waals surface area contributed by atoms with Crippen molar-refractivity contribution >= 4 is 29.0 Å². The smallest absolute Gasteiger partial charge is 0.181 e. The number of anilines is 2. The summed E-state index contributed by atoms with van der Waals surface area (Å²) < 4.78 is 11.1. The zero-order valence-corrected chi connectivity index (χ0v) is 24.7. The number of carbonyl (C=O) groups excluding carboxylic acids is 1. The number of halogens is 1. The Hall–Kier alpha value is -3.14. The van der Waals surface area contributed by atoms with Crippen LogP contribution < -0.4 is 15.0 Å². The number of nitrogens with zero attached hydrogens (tertiary/aromatic N) is 4. The number of ketones is 1. The quantitative estimate of drug-likeness (QED) is 0.239. The van der Waals surface area contributed by atoms with Crippen LogP contribution >= 0.6 is 11.6 Å². The summed E-state index contributed by atoms with van der Waals surface area (Å²) in [6, 6.07) is 8.09. The molecule has 2 aliphatic rings. The van der Waals surface area contributed by atoms with Crippen LogP contribution in [-0.4, -0.2) is 64.6 Å². The molecule has 0 radical (unpaired) electrons. The van der Waals surface area contributed by atoms with E-state index in [1.54, 1.807) is 6.20 Å². The second kappa shape index (κ2) is 13.7. The van der Waals surface area contributed by atoms with E-state index in [1.807, 2.05) is 31.3 Å². The fourth-order valence-corrected chi connectivity index (χ4v) is 5.70. The monoisotopic (exact) mass is 581 g/mol. The summed E-state index contributed by atoms with van der Waals surface area (Å²) in [6.07, 6.45) is 8.35. The topological polar surface area (TPSA) is 104 Å². The van der Waals surface area contributed by atoms with Crippen LogP contribution in [0.25, 0.3) is 0 Å². The van der Waals surface area contributed by atoms with Gasteiger partial charge in [0.2, 0.25) is 0 Å². The normalized spacial score (nSPS) is 16.1. The molecule has 0 bridgehead atoms. The average molecular weight is 582 g/mol. The van der Waals surface area contributed by atoms with Gasteiger partial charge < -0.3 is 24.5 Å². The number of rotatable bonds is 14. The first-order chi connectivity index (χ1) is 19.9. The third kappa shape index (κ3) is 7.58. The number of oxazole rings is 1. The predicted molar refractivity (Wildman–Crippen MR) is 160 cm³/mol. The highest BCUT2D eigenvalue weighted by Gasteiger charge is 2.24. The van der Waals surface area contributed by atoms with Crippen molar-refractivity contribution in [3.63, 3.8) is 0 Å². The van der Waals surface area contributed by atoms with E-state index >= 15 is 0 Å². The molecule has 1 atom stereocenters. The standard InChI is InChI=1S/C31H40ClN5O4/c1-3-12-36(2)30-15-22(14-29(35-30)34-23-5-4-6-23)27(39)9-8-24(38)18-37-13-11-26-21(17-37)7-10-28(31(26)32)40-19-25-16-33-20-41-25/h7,10,14-16,20,23-24,38H,3-6,8-9,11-13,17-19H2,1-2H3,(H,34,35)/t24-/m0/s1. The van der Waals surface area contributed by atoms with Crippen LogP contribution in [0.4, 0.5) is 11.6 Å². The number of benzene rings is 1. The molecule has 1 aromatic carbocycles. The summed E-state index contributed by atoms with van der Waals surface area (Å²) in [6.45, 7) is 5.23. The molecule has 0 spiro atoms. The minimum Gasteiger partial charge on any atom is -0.484 e. The van der Waals surface area contributed by atoms with Crippen molar-refractivity contribution in [1.82, 2.24) is 14.9 Å². The Kier molecular flexibility index (Phi) is 9.80. The molecule has 10 heteroatoms. The molecule has 0 unspecified atom stereocenters. The molecule has 220 valence electrons. The number of nitrogens with one attached hydrogen (secondary N) is 1. The van der Waals surface area contributed by atoms with Crippen LogP contribution in [0.1, 0.15) is 72.7 Å². The van der Waals surface area contributed by atoms with E-state index in [0.717, 1.165) is 61.5 Å². The van der Waals surface area contributed by atoms with Gasteiger partial charge in [-0.25, -0.2) is 9.97 Å². The Morgan fingerprint density at radius 1 is 1.34 bits per heavy atom. The van der Waals surface area contributed by atoms with Gasteiger partial charge in [-0.05, 0) is 67.9 Å². The van der Waals surface area contributed by atoms with E-state index in [-0.39, 0.29) is 18.8 Å². The summed E-state index contributed by atoms with van der Waals surface area (Å²) in [4.78, 5) is 26.2. The summed E-state index contributed by atoms with van der Waals surface area (Å²) >= 11 is 6.67. The molecule has 2 N–H and O–H groups in total. The van der Waals surface area contributed by atoms with Gasteiger partial charge in [0.15, 0.2) is 17.9 Å². The van der Waals surface area contributed by atoms with E-state index in [0.29, 0.717) is 47.6 Å². The molecule has 1 fully saturated rings. The van der Waals surface area contributed by atoms with Gasteiger partial charge in [-0.1, -0.05) is 24.6 Å². The Labute approximate surface area is 246 Å². The highest BCUT2D eigenvalue weighted by molar-refractivity contribution is 6.33. The first kappa shape index (κ1) is 29.4. The molecular formula is C31H40ClN5O4. The molecule has 1 aliphatic heterocycles. The molecule has 5 rings (SSSR count). The van der Waals surface area contributed by atoms with Crippen molar-refractivity contribution in [2.75, 3.05) is 36.9 Å².